The zero-order valence-electron chi connectivity index (χ0n) is 11.1. The van der Waals surface area contributed by atoms with Gasteiger partial charge in [0.25, 0.3) is 0 Å². The minimum Gasteiger partial charge on any atom is -0.369 e. The molecule has 3 nitrogen and oxygen atoms in total. The molecule has 4 heteroatoms. The molecule has 19 heavy (non-hydrogen) atoms. The van der Waals surface area contributed by atoms with Crippen LogP contribution in [0.2, 0.25) is 0 Å². The molecule has 0 amide bonds. The number of imidazole rings is 1. The van der Waals surface area contributed by atoms with Crippen LogP contribution in [-0.4, -0.2) is 9.55 Å². The minimum absolute atomic E-state index is 0.223. The molecule has 1 aliphatic carbocycles. The number of fused-ring (bicyclic) bond motifs is 1. The summed E-state index contributed by atoms with van der Waals surface area (Å²) in [5.41, 5.74) is 7.68. The third-order valence-corrected chi connectivity index (χ3v) is 4.12. The largest absolute Gasteiger partial charge is 0.369 e. The molecule has 2 N–H and O–H groups in total. The predicted molar refractivity (Wildman–Crippen MR) is 75.5 cm³/mol. The summed E-state index contributed by atoms with van der Waals surface area (Å²) >= 11 is 0. The summed E-state index contributed by atoms with van der Waals surface area (Å²) in [4.78, 5) is 4.36. The third kappa shape index (κ3) is 2.44. The van der Waals surface area contributed by atoms with Gasteiger partial charge in [0.2, 0.25) is 5.95 Å². The van der Waals surface area contributed by atoms with E-state index in [0.29, 0.717) is 12.0 Å². The molecule has 3 rings (SSSR count). The molecule has 102 valence electrons. The Morgan fingerprint density at radius 3 is 2.53 bits per heavy atom. The standard InChI is InChI=1S/C15H20FN3/c16-11-8-9-13-14(10-11)19(15(17)18-13)12-6-4-2-1-3-5-7-12/h8-10,12H,1-7H2,(H2,17,18). The first-order chi connectivity index (χ1) is 9.25. The van der Waals surface area contributed by atoms with Crippen LogP contribution in [0.4, 0.5) is 10.3 Å². The Balaban J connectivity index is 2.01. The first-order valence-corrected chi connectivity index (χ1v) is 7.18. The molecule has 1 aliphatic rings. The Labute approximate surface area is 112 Å². The minimum atomic E-state index is -0.223. The second-order valence-electron chi connectivity index (χ2n) is 5.47. The smallest absolute Gasteiger partial charge is 0.201 e. The Hall–Kier alpha value is -1.58. The SMILES string of the molecule is Nc1nc2ccc(F)cc2n1C1CCCCCCC1. The van der Waals surface area contributed by atoms with E-state index >= 15 is 0 Å². The van der Waals surface area contributed by atoms with Gasteiger partial charge >= 0.3 is 0 Å². The molecule has 1 aromatic heterocycles. The van der Waals surface area contributed by atoms with Gasteiger partial charge in [-0.15, -0.1) is 0 Å². The molecule has 0 saturated heterocycles. The number of rotatable bonds is 1. The highest BCUT2D eigenvalue weighted by Crippen LogP contribution is 2.32. The number of nitrogen functional groups attached to an aromatic ring is 1. The zero-order chi connectivity index (χ0) is 13.2. The summed E-state index contributed by atoms with van der Waals surface area (Å²) in [6, 6.07) is 5.07. The van der Waals surface area contributed by atoms with Crippen molar-refractivity contribution in [3.05, 3.63) is 24.0 Å². The molecule has 1 aromatic carbocycles. The van der Waals surface area contributed by atoms with Crippen LogP contribution in [0, 0.1) is 5.82 Å². The summed E-state index contributed by atoms with van der Waals surface area (Å²) < 4.78 is 15.5. The van der Waals surface area contributed by atoms with E-state index in [2.05, 4.69) is 4.98 Å². The summed E-state index contributed by atoms with van der Waals surface area (Å²) in [5, 5.41) is 0. The molecule has 0 aliphatic heterocycles. The molecule has 0 radical (unpaired) electrons. The Morgan fingerprint density at radius 1 is 1.11 bits per heavy atom. The Kier molecular flexibility index (Phi) is 3.40. The fraction of sp³-hybridized carbons (Fsp3) is 0.533. The van der Waals surface area contributed by atoms with Crippen LogP contribution in [-0.2, 0) is 0 Å². The lowest BCUT2D eigenvalue weighted by Crippen LogP contribution is -2.13. The van der Waals surface area contributed by atoms with E-state index in [4.69, 9.17) is 5.73 Å². The van der Waals surface area contributed by atoms with E-state index < -0.39 is 0 Å². The number of nitrogens with zero attached hydrogens (tertiary/aromatic N) is 2. The topological polar surface area (TPSA) is 43.8 Å². The monoisotopic (exact) mass is 261 g/mol. The summed E-state index contributed by atoms with van der Waals surface area (Å²) in [7, 11) is 0. The van der Waals surface area contributed by atoms with Crippen LogP contribution >= 0.6 is 0 Å². The number of hydrogen-bond acceptors (Lipinski definition) is 2. The van der Waals surface area contributed by atoms with Crippen molar-refractivity contribution >= 4 is 17.0 Å². The van der Waals surface area contributed by atoms with E-state index in [1.54, 1.807) is 12.1 Å². The second-order valence-corrected chi connectivity index (χ2v) is 5.47. The quantitative estimate of drug-likeness (QED) is 0.841. The van der Waals surface area contributed by atoms with Crippen molar-refractivity contribution in [1.82, 2.24) is 9.55 Å². The Morgan fingerprint density at radius 2 is 1.79 bits per heavy atom. The molecule has 0 bridgehead atoms. The van der Waals surface area contributed by atoms with Crippen molar-refractivity contribution in [3.63, 3.8) is 0 Å². The summed E-state index contributed by atoms with van der Waals surface area (Å²) in [5.74, 6) is 0.297. The average molecular weight is 261 g/mol. The third-order valence-electron chi connectivity index (χ3n) is 4.12. The number of nitrogens with two attached hydrogens (primary N) is 1. The number of halogens is 1. The summed E-state index contributed by atoms with van der Waals surface area (Å²) in [6.45, 7) is 0. The van der Waals surface area contributed by atoms with Gasteiger partial charge in [0.05, 0.1) is 11.0 Å². The number of benzene rings is 1. The van der Waals surface area contributed by atoms with Gasteiger partial charge in [-0.05, 0) is 31.0 Å². The van der Waals surface area contributed by atoms with Crippen molar-refractivity contribution in [2.24, 2.45) is 0 Å². The molecule has 1 fully saturated rings. The van der Waals surface area contributed by atoms with Crippen molar-refractivity contribution in [3.8, 4) is 0 Å². The van der Waals surface area contributed by atoms with Crippen molar-refractivity contribution in [1.29, 1.82) is 0 Å². The van der Waals surface area contributed by atoms with E-state index in [-0.39, 0.29) is 5.82 Å². The normalized spacial score (nSPS) is 18.4. The van der Waals surface area contributed by atoms with Crippen LogP contribution in [0.5, 0.6) is 0 Å². The first-order valence-electron chi connectivity index (χ1n) is 7.18. The van der Waals surface area contributed by atoms with E-state index in [1.807, 2.05) is 4.57 Å². The van der Waals surface area contributed by atoms with E-state index in [9.17, 15) is 4.39 Å². The lowest BCUT2D eigenvalue weighted by atomic mass is 9.96. The van der Waals surface area contributed by atoms with Crippen molar-refractivity contribution < 1.29 is 4.39 Å². The zero-order valence-corrected chi connectivity index (χ0v) is 11.1. The van der Waals surface area contributed by atoms with Gasteiger partial charge in [-0.2, -0.15) is 0 Å². The fourth-order valence-electron chi connectivity index (χ4n) is 3.16. The van der Waals surface area contributed by atoms with E-state index in [1.165, 1.54) is 38.2 Å². The molecular formula is C15H20FN3. The highest BCUT2D eigenvalue weighted by Gasteiger charge is 2.19. The number of anilines is 1. The van der Waals surface area contributed by atoms with Gasteiger partial charge < -0.3 is 10.3 Å². The van der Waals surface area contributed by atoms with Crippen LogP contribution in [0.25, 0.3) is 11.0 Å². The molecule has 0 spiro atoms. The lowest BCUT2D eigenvalue weighted by Gasteiger charge is -2.22. The maximum atomic E-state index is 13.5. The van der Waals surface area contributed by atoms with E-state index in [0.717, 1.165) is 23.9 Å². The van der Waals surface area contributed by atoms with Crippen LogP contribution in [0.3, 0.4) is 0 Å². The van der Waals surface area contributed by atoms with Gasteiger partial charge in [-0.3, -0.25) is 0 Å². The highest BCUT2D eigenvalue weighted by molar-refractivity contribution is 5.78. The van der Waals surface area contributed by atoms with Crippen LogP contribution in [0.15, 0.2) is 18.2 Å². The van der Waals surface area contributed by atoms with Crippen LogP contribution < -0.4 is 5.73 Å². The molecular weight excluding hydrogens is 241 g/mol. The van der Waals surface area contributed by atoms with Crippen molar-refractivity contribution in [2.45, 2.75) is 51.0 Å². The fourth-order valence-corrected chi connectivity index (χ4v) is 3.16. The molecule has 1 heterocycles. The molecule has 0 unspecified atom stereocenters. The first kappa shape index (κ1) is 12.5. The Bertz CT molecular complexity index is 568. The van der Waals surface area contributed by atoms with Crippen molar-refractivity contribution in [2.75, 3.05) is 5.73 Å². The van der Waals surface area contributed by atoms with Gasteiger partial charge in [0.15, 0.2) is 0 Å². The predicted octanol–water partition coefficient (Wildman–Crippen LogP) is 4.04. The van der Waals surface area contributed by atoms with Gasteiger partial charge in [-0.25, -0.2) is 9.37 Å². The maximum Gasteiger partial charge on any atom is 0.201 e. The van der Waals surface area contributed by atoms with Gasteiger partial charge in [-0.1, -0.05) is 32.1 Å². The highest BCUT2D eigenvalue weighted by atomic mass is 19.1. The average Bonchev–Trinajstić information content (AvgIpc) is 2.65. The second kappa shape index (κ2) is 5.19. The summed E-state index contributed by atoms with van der Waals surface area (Å²) in [6.07, 6.45) is 8.59. The number of hydrogen-bond donors (Lipinski definition) is 1. The molecule has 0 atom stereocenters. The molecule has 2 aromatic rings. The number of aromatic nitrogens is 2. The van der Waals surface area contributed by atoms with Gasteiger partial charge in [0.1, 0.15) is 5.82 Å². The van der Waals surface area contributed by atoms with Crippen LogP contribution in [0.1, 0.15) is 51.0 Å². The lowest BCUT2D eigenvalue weighted by molar-refractivity contribution is 0.381. The molecule has 1 saturated carbocycles. The maximum absolute atomic E-state index is 13.5. The van der Waals surface area contributed by atoms with Gasteiger partial charge in [0, 0.05) is 6.04 Å².